The molecule has 2 aromatic carbocycles. The lowest BCUT2D eigenvalue weighted by Gasteiger charge is -2.09. The molecule has 0 radical (unpaired) electrons. The van der Waals surface area contributed by atoms with Crippen LogP contribution in [0.1, 0.15) is 6.42 Å². The van der Waals surface area contributed by atoms with Gasteiger partial charge in [0, 0.05) is 47.0 Å². The lowest BCUT2D eigenvalue weighted by atomic mass is 10.2. The highest BCUT2D eigenvalue weighted by molar-refractivity contribution is 7.99. The topological polar surface area (TPSA) is 102 Å². The Labute approximate surface area is 171 Å². The monoisotopic (exact) mass is 409 g/mol. The Morgan fingerprint density at radius 2 is 1.86 bits per heavy atom. The van der Waals surface area contributed by atoms with E-state index in [9.17, 15) is 4.79 Å². The van der Waals surface area contributed by atoms with Gasteiger partial charge in [0.15, 0.2) is 5.65 Å². The summed E-state index contributed by atoms with van der Waals surface area (Å²) >= 11 is 1.38. The molecule has 2 heterocycles. The van der Waals surface area contributed by atoms with Crippen molar-refractivity contribution >= 4 is 45.4 Å². The molecule has 2 aromatic heterocycles. The Morgan fingerprint density at radius 1 is 1.10 bits per heavy atom. The molecule has 0 saturated heterocycles. The fourth-order valence-corrected chi connectivity index (χ4v) is 3.63. The predicted octanol–water partition coefficient (Wildman–Crippen LogP) is 3.64. The van der Waals surface area contributed by atoms with E-state index in [1.54, 1.807) is 32.4 Å². The summed E-state index contributed by atoms with van der Waals surface area (Å²) in [5, 5.41) is 12.8. The van der Waals surface area contributed by atoms with Gasteiger partial charge in [-0.2, -0.15) is 0 Å². The molecule has 0 aliphatic carbocycles. The molecule has 4 aromatic rings. The third kappa shape index (κ3) is 4.24. The van der Waals surface area contributed by atoms with Crippen molar-refractivity contribution in [2.24, 2.45) is 0 Å². The summed E-state index contributed by atoms with van der Waals surface area (Å²) in [6, 6.07) is 13.1. The number of hydrogen-bond donors (Lipinski definition) is 2. The fraction of sp³-hybridized carbons (Fsp3) is 0.200. The number of hydrogen-bond acceptors (Lipinski definition) is 7. The van der Waals surface area contributed by atoms with Crippen molar-refractivity contribution in [2.45, 2.75) is 11.6 Å². The quantitative estimate of drug-likeness (QED) is 0.449. The van der Waals surface area contributed by atoms with Gasteiger partial charge in [0.1, 0.15) is 17.0 Å². The number of thioether (sulfide) groups is 1. The van der Waals surface area contributed by atoms with Crippen LogP contribution >= 0.6 is 11.8 Å². The molecule has 8 nitrogen and oxygen atoms in total. The fourth-order valence-electron chi connectivity index (χ4n) is 2.91. The minimum atomic E-state index is -0.118. The first-order chi connectivity index (χ1) is 14.2. The van der Waals surface area contributed by atoms with Crippen LogP contribution in [0.5, 0.6) is 11.5 Å². The maximum atomic E-state index is 12.3. The van der Waals surface area contributed by atoms with E-state index in [1.807, 2.05) is 24.3 Å². The third-order valence-corrected chi connectivity index (χ3v) is 5.14. The van der Waals surface area contributed by atoms with Gasteiger partial charge in [-0.05, 0) is 6.07 Å². The molecule has 0 aliphatic heterocycles. The molecular weight excluding hydrogens is 390 g/mol. The summed E-state index contributed by atoms with van der Waals surface area (Å²) in [7, 11) is 3.13. The average molecular weight is 409 g/mol. The molecule has 0 unspecified atom stereocenters. The van der Waals surface area contributed by atoms with E-state index >= 15 is 0 Å². The number of nitrogens with zero attached hydrogens (tertiary/aromatic N) is 3. The number of para-hydroxylation sites is 1. The minimum Gasteiger partial charge on any atom is -0.497 e. The molecule has 0 atom stereocenters. The number of amides is 1. The Bertz CT molecular complexity index is 1160. The van der Waals surface area contributed by atoms with Crippen LogP contribution in [0, 0.1) is 0 Å². The zero-order valence-corrected chi connectivity index (χ0v) is 16.7. The van der Waals surface area contributed by atoms with Gasteiger partial charge in [0.05, 0.1) is 14.2 Å². The maximum Gasteiger partial charge on any atom is 0.225 e. The summed E-state index contributed by atoms with van der Waals surface area (Å²) in [6.45, 7) is 0. The van der Waals surface area contributed by atoms with E-state index in [-0.39, 0.29) is 5.91 Å². The number of methoxy groups -OCH3 is 2. The van der Waals surface area contributed by atoms with Crippen molar-refractivity contribution in [3.63, 3.8) is 0 Å². The number of fused-ring (bicyclic) bond motifs is 3. The van der Waals surface area contributed by atoms with E-state index in [4.69, 9.17) is 9.47 Å². The predicted molar refractivity (Wildman–Crippen MR) is 113 cm³/mol. The Hall–Kier alpha value is -3.33. The summed E-state index contributed by atoms with van der Waals surface area (Å²) < 4.78 is 10.4. The highest BCUT2D eigenvalue weighted by Crippen LogP contribution is 2.26. The van der Waals surface area contributed by atoms with Gasteiger partial charge >= 0.3 is 0 Å². The van der Waals surface area contributed by atoms with Gasteiger partial charge in [0.2, 0.25) is 11.1 Å². The van der Waals surface area contributed by atoms with Crippen LogP contribution in [0.25, 0.3) is 22.1 Å². The molecule has 0 spiro atoms. The summed E-state index contributed by atoms with van der Waals surface area (Å²) in [5.41, 5.74) is 3.03. The number of carbonyl (C=O) groups is 1. The van der Waals surface area contributed by atoms with Gasteiger partial charge in [-0.25, -0.2) is 4.98 Å². The van der Waals surface area contributed by atoms with Crippen molar-refractivity contribution in [1.82, 2.24) is 20.2 Å². The molecule has 2 N–H and O–H groups in total. The van der Waals surface area contributed by atoms with Crippen LogP contribution in [0.3, 0.4) is 0 Å². The van der Waals surface area contributed by atoms with Crippen LogP contribution in [-0.2, 0) is 4.79 Å². The minimum absolute atomic E-state index is 0.118. The van der Waals surface area contributed by atoms with E-state index < -0.39 is 0 Å². The highest BCUT2D eigenvalue weighted by atomic mass is 32.2. The van der Waals surface area contributed by atoms with Crippen molar-refractivity contribution in [3.8, 4) is 11.5 Å². The van der Waals surface area contributed by atoms with E-state index in [1.165, 1.54) is 11.8 Å². The number of aromatic amines is 1. The van der Waals surface area contributed by atoms with Crippen molar-refractivity contribution < 1.29 is 14.3 Å². The molecular formula is C20H19N5O3S. The molecule has 0 aliphatic rings. The van der Waals surface area contributed by atoms with E-state index in [0.29, 0.717) is 40.2 Å². The zero-order valence-electron chi connectivity index (χ0n) is 15.9. The van der Waals surface area contributed by atoms with Gasteiger partial charge in [-0.15, -0.1) is 10.2 Å². The Kier molecular flexibility index (Phi) is 5.48. The van der Waals surface area contributed by atoms with Crippen LogP contribution in [0.15, 0.2) is 47.6 Å². The number of H-pyrrole nitrogens is 1. The summed E-state index contributed by atoms with van der Waals surface area (Å²) in [5.74, 6) is 1.63. The van der Waals surface area contributed by atoms with Gasteiger partial charge in [-0.1, -0.05) is 30.0 Å². The molecule has 0 saturated carbocycles. The zero-order chi connectivity index (χ0) is 20.2. The molecule has 9 heteroatoms. The summed E-state index contributed by atoms with van der Waals surface area (Å²) in [4.78, 5) is 20.0. The number of aromatic nitrogens is 4. The lowest BCUT2D eigenvalue weighted by Crippen LogP contribution is -2.12. The van der Waals surface area contributed by atoms with Crippen molar-refractivity contribution in [1.29, 1.82) is 0 Å². The van der Waals surface area contributed by atoms with Crippen LogP contribution in [0.2, 0.25) is 0 Å². The number of rotatable bonds is 7. The first kappa shape index (κ1) is 19.0. The summed E-state index contributed by atoms with van der Waals surface area (Å²) in [6.07, 6.45) is 0.304. The van der Waals surface area contributed by atoms with E-state index in [0.717, 1.165) is 16.4 Å². The lowest BCUT2D eigenvalue weighted by molar-refractivity contribution is -0.115. The normalized spacial score (nSPS) is 11.0. The molecule has 4 rings (SSSR count). The van der Waals surface area contributed by atoms with Crippen molar-refractivity contribution in [2.75, 3.05) is 25.3 Å². The first-order valence-electron chi connectivity index (χ1n) is 8.93. The second kappa shape index (κ2) is 8.36. The third-order valence-electron chi connectivity index (χ3n) is 4.30. The second-order valence-electron chi connectivity index (χ2n) is 6.21. The first-order valence-corrected chi connectivity index (χ1v) is 9.91. The van der Waals surface area contributed by atoms with E-state index in [2.05, 4.69) is 25.5 Å². The number of nitrogens with one attached hydrogen (secondary N) is 2. The molecule has 29 heavy (non-hydrogen) atoms. The molecule has 0 bridgehead atoms. The van der Waals surface area contributed by atoms with Gasteiger partial charge in [-0.3, -0.25) is 4.79 Å². The molecule has 1 amide bonds. The largest absolute Gasteiger partial charge is 0.497 e. The van der Waals surface area contributed by atoms with Crippen LogP contribution in [-0.4, -0.2) is 46.0 Å². The standard InChI is InChI=1S/C20H19N5O3S/c1-27-13-9-12(10-14(11-13)28-2)21-17(26)7-8-29-20-23-19-18(24-25-20)15-5-3-4-6-16(15)22-19/h3-6,9-11H,7-8H2,1-2H3,(H,21,26)(H,22,23,25). The van der Waals surface area contributed by atoms with Gasteiger partial charge < -0.3 is 19.8 Å². The molecule has 148 valence electrons. The van der Waals surface area contributed by atoms with Crippen molar-refractivity contribution in [3.05, 3.63) is 42.5 Å². The number of anilines is 1. The smallest absolute Gasteiger partial charge is 0.225 e. The SMILES string of the molecule is COc1cc(NC(=O)CCSc2nnc3c(n2)[nH]c2ccccc23)cc(OC)c1. The Balaban J connectivity index is 1.37. The second-order valence-corrected chi connectivity index (χ2v) is 7.27. The number of carbonyl (C=O) groups excluding carboxylic acids is 1. The maximum absolute atomic E-state index is 12.3. The van der Waals surface area contributed by atoms with Crippen LogP contribution < -0.4 is 14.8 Å². The number of benzene rings is 2. The average Bonchev–Trinajstić information content (AvgIpc) is 3.11. The highest BCUT2D eigenvalue weighted by Gasteiger charge is 2.10. The molecule has 0 fully saturated rings. The van der Waals surface area contributed by atoms with Gasteiger partial charge in [0.25, 0.3) is 0 Å². The Morgan fingerprint density at radius 3 is 2.62 bits per heavy atom. The van der Waals surface area contributed by atoms with Crippen LogP contribution in [0.4, 0.5) is 5.69 Å². The number of ether oxygens (including phenoxy) is 2.